The molecule has 0 bridgehead atoms. The van der Waals surface area contributed by atoms with Crippen LogP contribution >= 0.6 is 24.0 Å². The lowest BCUT2D eigenvalue weighted by atomic mass is 10.2. The number of hydrogen-bond acceptors (Lipinski definition) is 7. The summed E-state index contributed by atoms with van der Waals surface area (Å²) in [5.74, 6) is -2.10. The molecule has 0 atom stereocenters. The van der Waals surface area contributed by atoms with Crippen molar-refractivity contribution < 1.29 is 14.3 Å². The van der Waals surface area contributed by atoms with Crippen molar-refractivity contribution >= 4 is 53.5 Å². The van der Waals surface area contributed by atoms with Gasteiger partial charge < -0.3 is 27.3 Å². The number of nitrogens with one attached hydrogen (secondary N) is 1. The third-order valence-electron chi connectivity index (χ3n) is 2.96. The molecule has 2 aromatic rings. The fraction of sp³-hybridized carbons (Fsp3) is 0.133. The minimum absolute atomic E-state index is 0. The van der Waals surface area contributed by atoms with Crippen LogP contribution in [0.3, 0.4) is 0 Å². The second-order valence-corrected chi connectivity index (χ2v) is 5.30. The molecule has 1 aromatic carbocycles. The predicted octanol–water partition coefficient (Wildman–Crippen LogP) is 0.703. The fourth-order valence-electron chi connectivity index (χ4n) is 1.81. The molecule has 0 fully saturated rings. The molecule has 0 unspecified atom stereocenters. The number of esters is 1. The Morgan fingerprint density at radius 3 is 2.48 bits per heavy atom. The zero-order chi connectivity index (χ0) is 19.1. The van der Waals surface area contributed by atoms with Crippen molar-refractivity contribution in [2.45, 2.75) is 6.61 Å². The van der Waals surface area contributed by atoms with Gasteiger partial charge in [-0.15, -0.1) is 12.4 Å². The van der Waals surface area contributed by atoms with Crippen molar-refractivity contribution in [3.8, 4) is 0 Å². The maximum absolute atomic E-state index is 11.8. The summed E-state index contributed by atoms with van der Waals surface area (Å²) in [4.78, 5) is 34.5. The minimum atomic E-state index is -0.884. The number of nitrogen functional groups attached to an aromatic ring is 1. The number of nitrogens with zero attached hydrogens (tertiary/aromatic N) is 3. The van der Waals surface area contributed by atoms with Crippen LogP contribution in [-0.4, -0.2) is 34.3 Å². The van der Waals surface area contributed by atoms with Crippen molar-refractivity contribution in [2.75, 3.05) is 17.6 Å². The summed E-state index contributed by atoms with van der Waals surface area (Å²) in [6.07, 6.45) is 0. The average Bonchev–Trinajstić information content (AvgIpc) is 2.60. The molecular formula is C15H17Cl2N7O3. The number of hydrogen-bond donors (Lipinski definition) is 4. The van der Waals surface area contributed by atoms with Gasteiger partial charge in [0, 0.05) is 0 Å². The molecule has 12 heteroatoms. The summed E-state index contributed by atoms with van der Waals surface area (Å²) >= 11 is 5.93. The standard InChI is InChI=1S/C15H16ClN7O3.ClH/c16-11-13(22-12(17)10(21-11)14(25)23-15(18)19)20-6-9(24)26-7-8-4-2-1-3-5-8;/h1-5H,6-7H2,(H3,17,20,22)(H4,18,19,23,25);1H. The zero-order valence-electron chi connectivity index (χ0n) is 13.9. The zero-order valence-corrected chi connectivity index (χ0v) is 15.5. The number of aliphatic imine (C=N–C) groups is 1. The Balaban J connectivity index is 0.00000364. The summed E-state index contributed by atoms with van der Waals surface area (Å²) in [6, 6.07) is 9.20. The van der Waals surface area contributed by atoms with Crippen LogP contribution in [-0.2, 0) is 16.1 Å². The molecule has 0 aliphatic carbocycles. The lowest BCUT2D eigenvalue weighted by Crippen LogP contribution is -2.25. The van der Waals surface area contributed by atoms with Gasteiger partial charge in [0.2, 0.25) is 0 Å². The number of anilines is 2. The molecule has 27 heavy (non-hydrogen) atoms. The number of ether oxygens (including phenoxy) is 1. The Morgan fingerprint density at radius 1 is 1.19 bits per heavy atom. The van der Waals surface area contributed by atoms with Gasteiger partial charge in [0.05, 0.1) is 0 Å². The molecule has 2 rings (SSSR count). The normalized spacial score (nSPS) is 9.67. The van der Waals surface area contributed by atoms with E-state index >= 15 is 0 Å². The fourth-order valence-corrected chi connectivity index (χ4v) is 2.01. The van der Waals surface area contributed by atoms with Gasteiger partial charge in [-0.2, -0.15) is 4.99 Å². The summed E-state index contributed by atoms with van der Waals surface area (Å²) in [7, 11) is 0. The number of guanidine groups is 1. The van der Waals surface area contributed by atoms with Gasteiger partial charge in [0.15, 0.2) is 28.4 Å². The number of amides is 1. The van der Waals surface area contributed by atoms with E-state index in [-0.39, 0.29) is 48.0 Å². The van der Waals surface area contributed by atoms with Crippen LogP contribution in [0, 0.1) is 0 Å². The lowest BCUT2D eigenvalue weighted by molar-refractivity contribution is -0.142. The third kappa shape index (κ3) is 6.60. The summed E-state index contributed by atoms with van der Waals surface area (Å²) in [5, 5.41) is 2.46. The lowest BCUT2D eigenvalue weighted by Gasteiger charge is -2.09. The van der Waals surface area contributed by atoms with Gasteiger partial charge in [-0.25, -0.2) is 9.97 Å². The van der Waals surface area contributed by atoms with Crippen LogP contribution < -0.4 is 22.5 Å². The van der Waals surface area contributed by atoms with E-state index in [0.717, 1.165) is 5.56 Å². The summed E-state index contributed by atoms with van der Waals surface area (Å²) in [6.45, 7) is -0.0866. The SMILES string of the molecule is Cl.NC(N)=NC(=O)c1nc(Cl)c(NCC(=O)OCc2ccccc2)nc1N. The van der Waals surface area contributed by atoms with E-state index < -0.39 is 17.8 Å². The van der Waals surface area contributed by atoms with E-state index in [9.17, 15) is 9.59 Å². The van der Waals surface area contributed by atoms with Crippen LogP contribution in [0.2, 0.25) is 5.15 Å². The maximum atomic E-state index is 11.8. The number of rotatable bonds is 6. The van der Waals surface area contributed by atoms with Crippen molar-refractivity contribution in [2.24, 2.45) is 16.5 Å². The van der Waals surface area contributed by atoms with Crippen LogP contribution in [0.4, 0.5) is 11.6 Å². The van der Waals surface area contributed by atoms with Crippen molar-refractivity contribution in [1.82, 2.24) is 9.97 Å². The molecular weight excluding hydrogens is 397 g/mol. The Bertz CT molecular complexity index is 843. The third-order valence-corrected chi connectivity index (χ3v) is 3.22. The van der Waals surface area contributed by atoms with Gasteiger partial charge in [-0.05, 0) is 5.56 Å². The van der Waals surface area contributed by atoms with Gasteiger partial charge >= 0.3 is 11.9 Å². The number of benzene rings is 1. The smallest absolute Gasteiger partial charge is 0.325 e. The molecule has 1 amide bonds. The molecule has 0 aliphatic heterocycles. The Labute approximate surface area is 165 Å². The van der Waals surface area contributed by atoms with Gasteiger partial charge in [-0.3, -0.25) is 9.59 Å². The van der Waals surface area contributed by atoms with Crippen LogP contribution in [0.15, 0.2) is 35.3 Å². The van der Waals surface area contributed by atoms with Crippen molar-refractivity contribution in [3.63, 3.8) is 0 Å². The quantitative estimate of drug-likeness (QED) is 0.302. The van der Waals surface area contributed by atoms with E-state index in [2.05, 4.69) is 20.3 Å². The van der Waals surface area contributed by atoms with Gasteiger partial charge in [0.25, 0.3) is 0 Å². The molecule has 10 nitrogen and oxygen atoms in total. The van der Waals surface area contributed by atoms with E-state index in [4.69, 9.17) is 33.5 Å². The molecule has 0 aliphatic rings. The highest BCUT2D eigenvalue weighted by molar-refractivity contribution is 6.32. The monoisotopic (exact) mass is 413 g/mol. The number of aromatic nitrogens is 2. The topological polar surface area (TPSA) is 172 Å². The maximum Gasteiger partial charge on any atom is 0.325 e. The first kappa shape index (κ1) is 21.9. The first-order valence-electron chi connectivity index (χ1n) is 7.27. The largest absolute Gasteiger partial charge is 0.460 e. The molecule has 1 heterocycles. The van der Waals surface area contributed by atoms with E-state index in [1.165, 1.54) is 0 Å². The second kappa shape index (κ2) is 10.1. The number of nitrogens with two attached hydrogens (primary N) is 3. The number of halogens is 2. The van der Waals surface area contributed by atoms with Gasteiger partial charge in [-0.1, -0.05) is 41.9 Å². The molecule has 1 aromatic heterocycles. The van der Waals surface area contributed by atoms with Crippen LogP contribution in [0.25, 0.3) is 0 Å². The first-order chi connectivity index (χ1) is 12.4. The number of carbonyl (C=O) groups is 2. The average molecular weight is 414 g/mol. The highest BCUT2D eigenvalue weighted by Gasteiger charge is 2.17. The Hall–Kier alpha value is -3.11. The summed E-state index contributed by atoms with van der Waals surface area (Å²) < 4.78 is 5.10. The van der Waals surface area contributed by atoms with Crippen molar-refractivity contribution in [1.29, 1.82) is 0 Å². The Kier molecular flexibility index (Phi) is 8.24. The number of carbonyl (C=O) groups excluding carboxylic acids is 2. The molecule has 0 saturated carbocycles. The van der Waals surface area contributed by atoms with E-state index in [1.54, 1.807) is 0 Å². The Morgan fingerprint density at radius 2 is 1.85 bits per heavy atom. The van der Waals surface area contributed by atoms with Crippen LogP contribution in [0.5, 0.6) is 0 Å². The van der Waals surface area contributed by atoms with Crippen molar-refractivity contribution in [3.05, 3.63) is 46.7 Å². The highest BCUT2D eigenvalue weighted by Crippen LogP contribution is 2.20. The second-order valence-electron chi connectivity index (χ2n) is 4.94. The summed E-state index contributed by atoms with van der Waals surface area (Å²) in [5.41, 5.74) is 16.4. The molecule has 0 saturated heterocycles. The van der Waals surface area contributed by atoms with E-state index in [1.807, 2.05) is 30.3 Å². The minimum Gasteiger partial charge on any atom is -0.460 e. The molecule has 0 spiro atoms. The first-order valence-corrected chi connectivity index (χ1v) is 7.65. The molecule has 0 radical (unpaired) electrons. The van der Waals surface area contributed by atoms with Gasteiger partial charge in [0.1, 0.15) is 13.2 Å². The predicted molar refractivity (Wildman–Crippen MR) is 104 cm³/mol. The van der Waals surface area contributed by atoms with Crippen LogP contribution in [0.1, 0.15) is 16.1 Å². The molecule has 144 valence electrons. The van der Waals surface area contributed by atoms with E-state index in [0.29, 0.717) is 0 Å². The highest BCUT2D eigenvalue weighted by atomic mass is 35.5. The molecule has 7 N–H and O–H groups in total.